The van der Waals surface area contributed by atoms with Gasteiger partial charge in [-0.3, -0.25) is 9.59 Å². The Hall–Kier alpha value is -1.07. The van der Waals surface area contributed by atoms with Crippen molar-refractivity contribution in [2.24, 2.45) is 5.41 Å². The van der Waals surface area contributed by atoms with E-state index in [2.05, 4.69) is 5.32 Å². The molecule has 116 valence electrons. The first-order chi connectivity index (χ1) is 9.70. The van der Waals surface area contributed by atoms with Crippen molar-refractivity contribution in [3.05, 3.63) is 21.3 Å². The Morgan fingerprint density at radius 3 is 2.57 bits per heavy atom. The molecule has 4 nitrogen and oxygen atoms in total. The van der Waals surface area contributed by atoms with Crippen LogP contribution in [0.3, 0.4) is 0 Å². The van der Waals surface area contributed by atoms with E-state index in [1.165, 1.54) is 11.3 Å². The summed E-state index contributed by atoms with van der Waals surface area (Å²) in [6, 6.07) is 3.21. The summed E-state index contributed by atoms with van der Waals surface area (Å²) < 4.78 is 0.709. The smallest absolute Gasteiger partial charge is 0.246 e. The van der Waals surface area contributed by atoms with Gasteiger partial charge in [0.1, 0.15) is 6.04 Å². The first-order valence-electron chi connectivity index (χ1n) is 7.05. The molecule has 21 heavy (non-hydrogen) atoms. The van der Waals surface area contributed by atoms with Gasteiger partial charge in [-0.1, -0.05) is 32.4 Å². The van der Waals surface area contributed by atoms with Crippen LogP contribution in [0.2, 0.25) is 4.34 Å². The van der Waals surface area contributed by atoms with E-state index in [1.807, 2.05) is 39.8 Å². The number of thiophene rings is 1. The van der Waals surface area contributed by atoms with Crippen molar-refractivity contribution in [1.29, 1.82) is 0 Å². The largest absolute Gasteiger partial charge is 0.344 e. The summed E-state index contributed by atoms with van der Waals surface area (Å²) in [5.74, 6) is -0.0902. The number of hydrogen-bond acceptors (Lipinski definition) is 3. The fourth-order valence-corrected chi connectivity index (χ4v) is 3.60. The maximum atomic E-state index is 12.8. The quantitative estimate of drug-likeness (QED) is 0.906. The van der Waals surface area contributed by atoms with E-state index in [1.54, 1.807) is 4.90 Å². The number of hydrogen-bond donors (Lipinski definition) is 1. The van der Waals surface area contributed by atoms with E-state index in [4.69, 9.17) is 11.6 Å². The first kappa shape index (κ1) is 16.3. The Kier molecular flexibility index (Phi) is 4.63. The van der Waals surface area contributed by atoms with Crippen LogP contribution in [0.1, 0.15) is 45.0 Å². The van der Waals surface area contributed by atoms with Gasteiger partial charge in [0.25, 0.3) is 0 Å². The lowest BCUT2D eigenvalue weighted by Gasteiger charge is -2.34. The van der Waals surface area contributed by atoms with Crippen LogP contribution in [0.15, 0.2) is 12.1 Å². The monoisotopic (exact) mass is 328 g/mol. The number of carbonyl (C=O) groups is 2. The number of rotatable bonds is 2. The molecule has 1 saturated heterocycles. The van der Waals surface area contributed by atoms with E-state index in [0.717, 1.165) is 4.88 Å². The molecule has 1 aliphatic rings. The Morgan fingerprint density at radius 2 is 2.05 bits per heavy atom. The Balaban J connectivity index is 2.29. The Labute approximate surface area is 134 Å². The second-order valence-corrected chi connectivity index (χ2v) is 8.21. The molecule has 0 aliphatic carbocycles. The summed E-state index contributed by atoms with van der Waals surface area (Å²) in [6.45, 7) is 8.31. The number of amides is 2. The lowest BCUT2D eigenvalue weighted by molar-refractivity contribution is -0.138. The van der Waals surface area contributed by atoms with Gasteiger partial charge in [0.2, 0.25) is 11.8 Å². The molecule has 1 fully saturated rings. The molecule has 6 heteroatoms. The fourth-order valence-electron chi connectivity index (χ4n) is 2.47. The van der Waals surface area contributed by atoms with E-state index in [0.29, 0.717) is 17.3 Å². The van der Waals surface area contributed by atoms with Crippen LogP contribution in [0.4, 0.5) is 0 Å². The van der Waals surface area contributed by atoms with Gasteiger partial charge in [0, 0.05) is 17.8 Å². The zero-order chi connectivity index (χ0) is 15.8. The molecule has 0 aromatic carbocycles. The molecule has 0 radical (unpaired) electrons. The number of carbonyl (C=O) groups excluding carboxylic acids is 2. The highest BCUT2D eigenvalue weighted by Gasteiger charge is 2.39. The molecule has 1 aromatic heterocycles. The highest BCUT2D eigenvalue weighted by atomic mass is 35.5. The molecule has 1 aliphatic heterocycles. The summed E-state index contributed by atoms with van der Waals surface area (Å²) >= 11 is 7.46. The zero-order valence-electron chi connectivity index (χ0n) is 12.8. The molecule has 2 atom stereocenters. The maximum Gasteiger partial charge on any atom is 0.246 e. The molecule has 2 amide bonds. The molecule has 0 bridgehead atoms. The first-order valence-corrected chi connectivity index (χ1v) is 8.24. The maximum absolute atomic E-state index is 12.8. The van der Waals surface area contributed by atoms with Crippen molar-refractivity contribution in [2.75, 3.05) is 6.54 Å². The Bertz CT molecular complexity index is 550. The van der Waals surface area contributed by atoms with Crippen LogP contribution in [0.5, 0.6) is 0 Å². The van der Waals surface area contributed by atoms with Crippen LogP contribution in [-0.2, 0) is 9.59 Å². The van der Waals surface area contributed by atoms with Gasteiger partial charge < -0.3 is 10.2 Å². The minimum atomic E-state index is -0.495. The summed E-state index contributed by atoms with van der Waals surface area (Å²) in [5, 5.41) is 2.86. The van der Waals surface area contributed by atoms with Gasteiger partial charge >= 0.3 is 0 Å². The second kappa shape index (κ2) is 5.97. The Morgan fingerprint density at radius 1 is 1.38 bits per heavy atom. The molecule has 2 rings (SSSR count). The van der Waals surface area contributed by atoms with Gasteiger partial charge in [-0.25, -0.2) is 0 Å². The zero-order valence-corrected chi connectivity index (χ0v) is 14.3. The average molecular weight is 329 g/mol. The lowest BCUT2D eigenvalue weighted by Crippen LogP contribution is -2.52. The molecule has 0 spiro atoms. The third kappa shape index (κ3) is 3.58. The van der Waals surface area contributed by atoms with Crippen molar-refractivity contribution in [3.8, 4) is 0 Å². The van der Waals surface area contributed by atoms with Crippen molar-refractivity contribution < 1.29 is 9.59 Å². The highest BCUT2D eigenvalue weighted by Crippen LogP contribution is 2.33. The van der Waals surface area contributed by atoms with Crippen LogP contribution in [0.25, 0.3) is 0 Å². The van der Waals surface area contributed by atoms with Crippen LogP contribution in [-0.4, -0.2) is 29.3 Å². The van der Waals surface area contributed by atoms with Crippen molar-refractivity contribution in [3.63, 3.8) is 0 Å². The SMILES string of the molecule is CC(c1ccc(Cl)s1)N1CCC(=O)NC(C(C)(C)C)C1=O. The molecule has 2 unspecified atom stereocenters. The summed E-state index contributed by atoms with van der Waals surface area (Å²) in [4.78, 5) is 27.6. The normalized spacial score (nSPS) is 22.0. The molecule has 1 N–H and O–H groups in total. The third-order valence-corrected chi connectivity index (χ3v) is 5.16. The molecular formula is C15H21ClN2O2S. The predicted molar refractivity (Wildman–Crippen MR) is 85.5 cm³/mol. The number of halogens is 1. The van der Waals surface area contributed by atoms with Crippen LogP contribution in [0, 0.1) is 5.41 Å². The van der Waals surface area contributed by atoms with Crippen molar-refractivity contribution in [1.82, 2.24) is 10.2 Å². The standard InChI is InChI=1S/C15H21ClN2O2S/c1-9(10-5-6-11(16)21-10)18-8-7-12(19)17-13(14(18)20)15(2,3)4/h5-6,9,13H,7-8H2,1-4H3,(H,17,19). The summed E-state index contributed by atoms with van der Waals surface area (Å²) in [6.07, 6.45) is 0.335. The lowest BCUT2D eigenvalue weighted by atomic mass is 9.85. The van der Waals surface area contributed by atoms with Gasteiger partial charge in [0.15, 0.2) is 0 Å². The van der Waals surface area contributed by atoms with Crippen molar-refractivity contribution >= 4 is 34.8 Å². The minimum Gasteiger partial charge on any atom is -0.344 e. The predicted octanol–water partition coefficient (Wildman–Crippen LogP) is 3.23. The molecular weight excluding hydrogens is 308 g/mol. The van der Waals surface area contributed by atoms with E-state index in [9.17, 15) is 9.59 Å². The van der Waals surface area contributed by atoms with Crippen LogP contribution < -0.4 is 5.32 Å². The minimum absolute atomic E-state index is 0.0228. The van der Waals surface area contributed by atoms with Crippen LogP contribution >= 0.6 is 22.9 Å². The third-order valence-electron chi connectivity index (χ3n) is 3.75. The molecule has 1 aromatic rings. The fraction of sp³-hybridized carbons (Fsp3) is 0.600. The van der Waals surface area contributed by atoms with Crippen molar-refractivity contribution in [2.45, 2.75) is 46.2 Å². The molecule has 2 heterocycles. The van der Waals surface area contributed by atoms with Gasteiger partial charge in [-0.15, -0.1) is 11.3 Å². The van der Waals surface area contributed by atoms with Gasteiger partial charge in [-0.05, 0) is 24.5 Å². The average Bonchev–Trinajstić information content (AvgIpc) is 2.74. The van der Waals surface area contributed by atoms with E-state index in [-0.39, 0.29) is 23.3 Å². The highest BCUT2D eigenvalue weighted by molar-refractivity contribution is 7.16. The topological polar surface area (TPSA) is 49.4 Å². The number of nitrogens with one attached hydrogen (secondary N) is 1. The summed E-state index contributed by atoms with van der Waals surface area (Å²) in [7, 11) is 0. The van der Waals surface area contributed by atoms with E-state index >= 15 is 0 Å². The number of nitrogens with zero attached hydrogens (tertiary/aromatic N) is 1. The van der Waals surface area contributed by atoms with Gasteiger partial charge in [-0.2, -0.15) is 0 Å². The second-order valence-electron chi connectivity index (χ2n) is 6.47. The molecule has 0 saturated carbocycles. The summed E-state index contributed by atoms with van der Waals surface area (Å²) in [5.41, 5.74) is -0.317. The van der Waals surface area contributed by atoms with E-state index < -0.39 is 6.04 Å². The van der Waals surface area contributed by atoms with Gasteiger partial charge in [0.05, 0.1) is 10.4 Å².